The van der Waals surface area contributed by atoms with Crippen LogP contribution < -0.4 is 17.2 Å². The topological polar surface area (TPSA) is 227 Å². The molecule has 118 valence electrons. The molecular weight excluding hydrogens is 278 g/mol. The van der Waals surface area contributed by atoms with Crippen LogP contribution >= 0.6 is 0 Å². The molecule has 0 aromatic carbocycles. The molecule has 0 saturated heterocycles. The number of hydrogen-bond acceptors (Lipinski definition) is 7. The molecule has 0 aliphatic heterocycles. The molecule has 0 aliphatic carbocycles. The SMILES string of the molecule is NC(CCC(=O)O)C(=O)O.NCC(=O)O.NCC(=O)O. The molecule has 0 bridgehead atoms. The van der Waals surface area contributed by atoms with Gasteiger partial charge in [0, 0.05) is 6.42 Å². The van der Waals surface area contributed by atoms with Gasteiger partial charge in [-0.05, 0) is 6.42 Å². The first-order valence-electron chi connectivity index (χ1n) is 5.12. The van der Waals surface area contributed by atoms with Crippen molar-refractivity contribution in [2.45, 2.75) is 18.9 Å². The zero-order valence-electron chi connectivity index (χ0n) is 10.6. The zero-order valence-corrected chi connectivity index (χ0v) is 10.6. The summed E-state index contributed by atoms with van der Waals surface area (Å²) in [7, 11) is 0. The molecule has 10 N–H and O–H groups in total. The Labute approximate surface area is 114 Å². The summed E-state index contributed by atoms with van der Waals surface area (Å²) < 4.78 is 0. The predicted octanol–water partition coefficient (Wildman–Crippen LogP) is -2.68. The van der Waals surface area contributed by atoms with E-state index in [1.807, 2.05) is 0 Å². The highest BCUT2D eigenvalue weighted by molar-refractivity contribution is 5.74. The van der Waals surface area contributed by atoms with Crippen molar-refractivity contribution in [3.8, 4) is 0 Å². The summed E-state index contributed by atoms with van der Waals surface area (Å²) in [5.74, 6) is -4.13. The minimum absolute atomic E-state index is 0.0231. The van der Waals surface area contributed by atoms with Crippen molar-refractivity contribution < 1.29 is 39.6 Å². The van der Waals surface area contributed by atoms with E-state index in [1.54, 1.807) is 0 Å². The van der Waals surface area contributed by atoms with Crippen molar-refractivity contribution in [3.05, 3.63) is 0 Å². The lowest BCUT2D eigenvalue weighted by Gasteiger charge is -2.01. The molecule has 0 amide bonds. The first-order valence-corrected chi connectivity index (χ1v) is 5.12. The quantitative estimate of drug-likeness (QED) is 0.267. The van der Waals surface area contributed by atoms with E-state index in [2.05, 4.69) is 11.5 Å². The normalized spacial score (nSPS) is 9.95. The Bertz CT molecular complexity index is 306. The van der Waals surface area contributed by atoms with Gasteiger partial charge >= 0.3 is 23.9 Å². The van der Waals surface area contributed by atoms with Crippen LogP contribution in [0, 0.1) is 0 Å². The summed E-state index contributed by atoms with van der Waals surface area (Å²) >= 11 is 0. The fraction of sp³-hybridized carbons (Fsp3) is 0.556. The third-order valence-corrected chi connectivity index (χ3v) is 1.34. The van der Waals surface area contributed by atoms with Gasteiger partial charge in [0.1, 0.15) is 6.04 Å². The Hall–Kier alpha value is -2.24. The van der Waals surface area contributed by atoms with E-state index in [0.717, 1.165) is 0 Å². The van der Waals surface area contributed by atoms with Crippen LogP contribution in [-0.2, 0) is 19.2 Å². The smallest absolute Gasteiger partial charge is 0.320 e. The monoisotopic (exact) mass is 297 g/mol. The first kappa shape index (κ1) is 22.9. The number of rotatable bonds is 6. The molecule has 20 heavy (non-hydrogen) atoms. The molecule has 11 heteroatoms. The number of nitrogens with two attached hydrogens (primary N) is 3. The second-order valence-electron chi connectivity index (χ2n) is 3.07. The maximum absolute atomic E-state index is 9.99. The molecular formula is C9H19N3O8. The van der Waals surface area contributed by atoms with E-state index in [4.69, 9.17) is 26.2 Å². The van der Waals surface area contributed by atoms with E-state index in [1.165, 1.54) is 0 Å². The highest BCUT2D eigenvalue weighted by atomic mass is 16.4. The number of carboxylic acids is 4. The van der Waals surface area contributed by atoms with Crippen molar-refractivity contribution in [1.82, 2.24) is 0 Å². The highest BCUT2D eigenvalue weighted by Gasteiger charge is 2.12. The molecule has 0 rings (SSSR count). The number of carbonyl (C=O) groups is 4. The number of carboxylic acid groups (broad SMARTS) is 4. The van der Waals surface area contributed by atoms with E-state index in [-0.39, 0.29) is 25.9 Å². The van der Waals surface area contributed by atoms with Gasteiger partial charge in [0.25, 0.3) is 0 Å². The molecule has 0 saturated carbocycles. The summed E-state index contributed by atoms with van der Waals surface area (Å²) in [6, 6.07) is -1.06. The van der Waals surface area contributed by atoms with Gasteiger partial charge in [-0.1, -0.05) is 0 Å². The zero-order chi connectivity index (χ0) is 16.7. The third-order valence-electron chi connectivity index (χ3n) is 1.34. The van der Waals surface area contributed by atoms with Gasteiger partial charge in [0.2, 0.25) is 0 Å². The van der Waals surface area contributed by atoms with Crippen LogP contribution in [0.15, 0.2) is 0 Å². The number of hydrogen-bond donors (Lipinski definition) is 7. The Morgan fingerprint density at radius 3 is 1.25 bits per heavy atom. The lowest BCUT2D eigenvalue weighted by molar-refractivity contribution is -0.140. The Morgan fingerprint density at radius 1 is 0.800 bits per heavy atom. The lowest BCUT2D eigenvalue weighted by atomic mass is 10.2. The second kappa shape index (κ2) is 14.8. The van der Waals surface area contributed by atoms with Crippen LogP contribution in [0.5, 0.6) is 0 Å². The van der Waals surface area contributed by atoms with E-state index in [9.17, 15) is 19.2 Å². The van der Waals surface area contributed by atoms with Crippen molar-refractivity contribution >= 4 is 23.9 Å². The Kier molecular flexibility index (Phi) is 17.0. The average Bonchev–Trinajstić information content (AvgIpc) is 2.36. The molecule has 0 aromatic rings. The molecule has 11 nitrogen and oxygen atoms in total. The summed E-state index contributed by atoms with van der Waals surface area (Å²) in [4.78, 5) is 38.4. The van der Waals surface area contributed by atoms with Gasteiger partial charge in [-0.2, -0.15) is 0 Å². The second-order valence-corrected chi connectivity index (χ2v) is 3.07. The van der Waals surface area contributed by atoms with Crippen LogP contribution in [0.2, 0.25) is 0 Å². The molecule has 0 heterocycles. The van der Waals surface area contributed by atoms with Gasteiger partial charge in [-0.3, -0.25) is 19.2 Å². The van der Waals surface area contributed by atoms with Crippen molar-refractivity contribution in [1.29, 1.82) is 0 Å². The Balaban J connectivity index is -0.000000244. The maximum Gasteiger partial charge on any atom is 0.320 e. The van der Waals surface area contributed by atoms with Crippen molar-refractivity contribution in [3.63, 3.8) is 0 Å². The fourth-order valence-corrected chi connectivity index (χ4v) is 0.402. The molecule has 0 aromatic heterocycles. The molecule has 1 atom stereocenters. The molecule has 0 aliphatic rings. The van der Waals surface area contributed by atoms with Gasteiger partial charge in [-0.25, -0.2) is 0 Å². The van der Waals surface area contributed by atoms with Gasteiger partial charge in [0.15, 0.2) is 0 Å². The molecule has 0 spiro atoms. The van der Waals surface area contributed by atoms with E-state index >= 15 is 0 Å². The van der Waals surface area contributed by atoms with Crippen molar-refractivity contribution in [2.24, 2.45) is 17.2 Å². The van der Waals surface area contributed by atoms with Gasteiger partial charge in [-0.15, -0.1) is 0 Å². The summed E-state index contributed by atoms with van der Waals surface area (Å²) in [5, 5.41) is 31.5. The summed E-state index contributed by atoms with van der Waals surface area (Å²) in [5.41, 5.74) is 14.1. The third kappa shape index (κ3) is 29.7. The van der Waals surface area contributed by atoms with Crippen LogP contribution in [0.1, 0.15) is 12.8 Å². The Morgan fingerprint density at radius 2 is 1.10 bits per heavy atom. The van der Waals surface area contributed by atoms with Crippen molar-refractivity contribution in [2.75, 3.05) is 13.1 Å². The van der Waals surface area contributed by atoms with Crippen LogP contribution in [0.3, 0.4) is 0 Å². The van der Waals surface area contributed by atoms with E-state index in [0.29, 0.717) is 0 Å². The van der Waals surface area contributed by atoms with E-state index < -0.39 is 29.9 Å². The molecule has 0 radical (unpaired) electrons. The molecule has 0 fully saturated rings. The predicted molar refractivity (Wildman–Crippen MR) is 65.9 cm³/mol. The average molecular weight is 297 g/mol. The summed E-state index contributed by atoms with van der Waals surface area (Å²) in [6.07, 6.45) is -0.224. The van der Waals surface area contributed by atoms with Crippen LogP contribution in [0.25, 0.3) is 0 Å². The maximum atomic E-state index is 9.99. The van der Waals surface area contributed by atoms with Gasteiger partial charge in [0.05, 0.1) is 13.1 Å². The summed E-state index contributed by atoms with van der Waals surface area (Å²) in [6.45, 7) is -0.556. The minimum Gasteiger partial charge on any atom is -0.481 e. The van der Waals surface area contributed by atoms with Crippen LogP contribution in [-0.4, -0.2) is 63.4 Å². The number of aliphatic carboxylic acids is 4. The van der Waals surface area contributed by atoms with Crippen LogP contribution in [0.4, 0.5) is 0 Å². The first-order chi connectivity index (χ1) is 9.08. The largest absolute Gasteiger partial charge is 0.481 e. The highest BCUT2D eigenvalue weighted by Crippen LogP contribution is 1.93. The van der Waals surface area contributed by atoms with Gasteiger partial charge < -0.3 is 37.6 Å². The standard InChI is InChI=1S/C5H9NO4.2C2H5NO2/c6-3(5(9)10)1-2-4(7)8;2*3-1-2(4)5/h3H,1-2,6H2,(H,7,8)(H,9,10);2*1,3H2,(H,4,5). The molecule has 1 unspecified atom stereocenters. The lowest BCUT2D eigenvalue weighted by Crippen LogP contribution is -2.30. The minimum atomic E-state index is -1.17. The fourth-order valence-electron chi connectivity index (χ4n) is 0.402.